The molecule has 0 aliphatic heterocycles. The Morgan fingerprint density at radius 2 is 2.25 bits per heavy atom. The summed E-state index contributed by atoms with van der Waals surface area (Å²) in [4.78, 5) is 23.5. The van der Waals surface area contributed by atoms with Gasteiger partial charge in [-0.2, -0.15) is 23.8 Å². The lowest BCUT2D eigenvalue weighted by atomic mass is 10.1. The molecule has 3 heterocycles. The molecule has 1 aliphatic rings. The fourth-order valence-corrected chi connectivity index (χ4v) is 3.11. The van der Waals surface area contributed by atoms with Gasteiger partial charge < -0.3 is 5.73 Å². The summed E-state index contributed by atoms with van der Waals surface area (Å²) >= 11 is 0. The molecule has 142 valence electrons. The van der Waals surface area contributed by atoms with Crippen molar-refractivity contribution in [2.24, 2.45) is 11.7 Å². The lowest BCUT2D eigenvalue weighted by Crippen LogP contribution is -2.15. The molecule has 8 nitrogen and oxygen atoms in total. The lowest BCUT2D eigenvalue weighted by molar-refractivity contribution is -0.117. The maximum absolute atomic E-state index is 13.7. The third-order valence-electron chi connectivity index (χ3n) is 4.60. The number of pyridine rings is 1. The van der Waals surface area contributed by atoms with Crippen LogP contribution in [0, 0.1) is 17.2 Å². The van der Waals surface area contributed by atoms with Crippen molar-refractivity contribution in [3.05, 3.63) is 41.6 Å². The van der Waals surface area contributed by atoms with Crippen LogP contribution in [-0.2, 0) is 17.1 Å². The van der Waals surface area contributed by atoms with Crippen LogP contribution in [0.15, 0.2) is 24.5 Å². The first-order valence-corrected chi connectivity index (χ1v) is 8.55. The van der Waals surface area contributed by atoms with Crippen molar-refractivity contribution >= 4 is 16.8 Å². The standard InChI is InChI=1S/C18H15F2N7O/c1-18(19,20)14-2-3-23-17(25-14)27-13-5-10(6-15(22)28)24-8-12(13)16(26-27)11-4-9(11)7-21/h2-3,5,8-9,11H,4,6H2,1H3,(H2,22,28). The average Bonchev–Trinajstić information content (AvgIpc) is 3.33. The Balaban J connectivity index is 1.89. The monoisotopic (exact) mass is 383 g/mol. The molecule has 4 rings (SSSR count). The van der Waals surface area contributed by atoms with Crippen LogP contribution in [0.3, 0.4) is 0 Å². The zero-order valence-corrected chi connectivity index (χ0v) is 14.8. The molecule has 1 fully saturated rings. The molecule has 10 heteroatoms. The summed E-state index contributed by atoms with van der Waals surface area (Å²) in [6.07, 6.45) is 3.38. The summed E-state index contributed by atoms with van der Waals surface area (Å²) in [6, 6.07) is 4.96. The van der Waals surface area contributed by atoms with Crippen LogP contribution in [0.25, 0.3) is 16.9 Å². The number of primary amides is 1. The number of hydrogen-bond donors (Lipinski definition) is 1. The van der Waals surface area contributed by atoms with Gasteiger partial charge in [0.2, 0.25) is 5.91 Å². The molecule has 0 saturated heterocycles. The van der Waals surface area contributed by atoms with E-state index in [-0.39, 0.29) is 24.2 Å². The van der Waals surface area contributed by atoms with E-state index in [0.29, 0.717) is 28.7 Å². The van der Waals surface area contributed by atoms with Gasteiger partial charge in [-0.05, 0) is 18.6 Å². The van der Waals surface area contributed by atoms with Crippen molar-refractivity contribution in [1.29, 1.82) is 5.26 Å². The van der Waals surface area contributed by atoms with Gasteiger partial charge in [-0.15, -0.1) is 0 Å². The molecule has 1 amide bonds. The number of carbonyl (C=O) groups excluding carboxylic acids is 1. The van der Waals surface area contributed by atoms with Gasteiger partial charge in [-0.25, -0.2) is 9.97 Å². The van der Waals surface area contributed by atoms with Crippen molar-refractivity contribution in [3.63, 3.8) is 0 Å². The summed E-state index contributed by atoms with van der Waals surface area (Å²) in [5.74, 6) is -3.92. The molecular weight excluding hydrogens is 368 g/mol. The second kappa shape index (κ2) is 6.30. The highest BCUT2D eigenvalue weighted by molar-refractivity contribution is 5.85. The SMILES string of the molecule is CC(F)(F)c1ccnc(-n2nc(C3CC3C#N)c3cnc(CC(N)=O)cc32)n1. The zero-order chi connectivity index (χ0) is 20.1. The predicted molar refractivity (Wildman–Crippen MR) is 93.4 cm³/mol. The first-order chi connectivity index (χ1) is 13.3. The number of halogens is 2. The van der Waals surface area contributed by atoms with Gasteiger partial charge in [-0.3, -0.25) is 9.78 Å². The minimum atomic E-state index is -3.13. The summed E-state index contributed by atoms with van der Waals surface area (Å²) in [5.41, 5.74) is 6.37. The zero-order valence-electron chi connectivity index (χ0n) is 14.8. The highest BCUT2D eigenvalue weighted by atomic mass is 19.3. The van der Waals surface area contributed by atoms with Gasteiger partial charge in [-0.1, -0.05) is 0 Å². The molecule has 3 aromatic rings. The number of fused-ring (bicyclic) bond motifs is 1. The van der Waals surface area contributed by atoms with Crippen molar-refractivity contribution in [2.45, 2.75) is 31.6 Å². The quantitative estimate of drug-likeness (QED) is 0.718. The number of nitrogens with two attached hydrogens (primary N) is 1. The second-order valence-electron chi connectivity index (χ2n) is 6.84. The number of alkyl halides is 2. The molecule has 0 bridgehead atoms. The fraction of sp³-hybridized carbons (Fsp3) is 0.333. The topological polar surface area (TPSA) is 123 Å². The van der Waals surface area contributed by atoms with E-state index in [0.717, 1.165) is 13.0 Å². The molecule has 3 aromatic heterocycles. The molecule has 28 heavy (non-hydrogen) atoms. The third-order valence-corrected chi connectivity index (χ3v) is 4.60. The number of amides is 1. The van der Waals surface area contributed by atoms with Crippen molar-refractivity contribution in [2.75, 3.05) is 0 Å². The van der Waals surface area contributed by atoms with Crippen LogP contribution in [0.2, 0.25) is 0 Å². The number of carbonyl (C=O) groups is 1. The van der Waals surface area contributed by atoms with Crippen LogP contribution in [0.4, 0.5) is 8.78 Å². The van der Waals surface area contributed by atoms with Crippen LogP contribution in [-0.4, -0.2) is 30.6 Å². The third kappa shape index (κ3) is 3.15. The Labute approximate surface area is 158 Å². The molecule has 2 atom stereocenters. The highest BCUT2D eigenvalue weighted by Gasteiger charge is 2.42. The predicted octanol–water partition coefficient (Wildman–Crippen LogP) is 1.98. The molecule has 1 saturated carbocycles. The van der Waals surface area contributed by atoms with E-state index in [1.165, 1.54) is 10.9 Å². The first-order valence-electron chi connectivity index (χ1n) is 8.55. The second-order valence-corrected chi connectivity index (χ2v) is 6.84. The van der Waals surface area contributed by atoms with E-state index in [9.17, 15) is 13.6 Å². The highest BCUT2D eigenvalue weighted by Crippen LogP contribution is 2.48. The smallest absolute Gasteiger partial charge is 0.287 e. The van der Waals surface area contributed by atoms with E-state index < -0.39 is 17.5 Å². The normalized spacial score (nSPS) is 18.8. The van der Waals surface area contributed by atoms with Crippen LogP contribution in [0.5, 0.6) is 0 Å². The van der Waals surface area contributed by atoms with E-state index in [1.54, 1.807) is 12.3 Å². The number of aromatic nitrogens is 5. The molecule has 1 aliphatic carbocycles. The van der Waals surface area contributed by atoms with Crippen molar-refractivity contribution in [1.82, 2.24) is 24.7 Å². The van der Waals surface area contributed by atoms with Gasteiger partial charge >= 0.3 is 0 Å². The van der Waals surface area contributed by atoms with Crippen LogP contribution in [0.1, 0.15) is 36.3 Å². The first kappa shape index (κ1) is 17.9. The largest absolute Gasteiger partial charge is 0.369 e. The maximum Gasteiger partial charge on any atom is 0.287 e. The van der Waals surface area contributed by atoms with Crippen molar-refractivity contribution in [3.8, 4) is 12.0 Å². The number of rotatable bonds is 5. The van der Waals surface area contributed by atoms with E-state index in [2.05, 4.69) is 26.1 Å². The van der Waals surface area contributed by atoms with E-state index in [1.807, 2.05) is 0 Å². The molecule has 0 aromatic carbocycles. The molecule has 2 unspecified atom stereocenters. The maximum atomic E-state index is 13.7. The number of nitrogens with zero attached hydrogens (tertiary/aromatic N) is 6. The van der Waals surface area contributed by atoms with Gasteiger partial charge in [0.05, 0.1) is 35.3 Å². The summed E-state index contributed by atoms with van der Waals surface area (Å²) in [7, 11) is 0. The molecule has 0 radical (unpaired) electrons. The average molecular weight is 383 g/mol. The summed E-state index contributed by atoms with van der Waals surface area (Å²) in [5, 5.41) is 14.3. The Morgan fingerprint density at radius 1 is 1.46 bits per heavy atom. The van der Waals surface area contributed by atoms with Gasteiger partial charge in [0, 0.05) is 30.6 Å². The Morgan fingerprint density at radius 3 is 2.89 bits per heavy atom. The number of nitriles is 1. The number of hydrogen-bond acceptors (Lipinski definition) is 6. The van der Waals surface area contributed by atoms with Gasteiger partial charge in [0.1, 0.15) is 5.69 Å². The van der Waals surface area contributed by atoms with Crippen molar-refractivity contribution < 1.29 is 13.6 Å². The Kier molecular flexibility index (Phi) is 4.03. The lowest BCUT2D eigenvalue weighted by Gasteiger charge is -2.10. The molecule has 0 spiro atoms. The van der Waals surface area contributed by atoms with Crippen LogP contribution < -0.4 is 5.73 Å². The molecule has 2 N–H and O–H groups in total. The van der Waals surface area contributed by atoms with Gasteiger partial charge in [0.15, 0.2) is 0 Å². The Bertz CT molecular complexity index is 1130. The Hall–Kier alpha value is -3.48. The minimum Gasteiger partial charge on any atom is -0.369 e. The summed E-state index contributed by atoms with van der Waals surface area (Å²) < 4.78 is 28.7. The van der Waals surface area contributed by atoms with Crippen LogP contribution >= 0.6 is 0 Å². The minimum absolute atomic E-state index is 0.0272. The van der Waals surface area contributed by atoms with E-state index >= 15 is 0 Å². The summed E-state index contributed by atoms with van der Waals surface area (Å²) in [6.45, 7) is 0.752. The fourth-order valence-electron chi connectivity index (χ4n) is 3.11. The van der Waals surface area contributed by atoms with Gasteiger partial charge in [0.25, 0.3) is 11.9 Å². The van der Waals surface area contributed by atoms with E-state index in [4.69, 9.17) is 11.0 Å². The molecular formula is C18H15F2N7O.